The second-order valence-corrected chi connectivity index (χ2v) is 6.58. The van der Waals surface area contributed by atoms with Crippen LogP contribution in [0.3, 0.4) is 0 Å². The van der Waals surface area contributed by atoms with E-state index in [0.29, 0.717) is 13.0 Å². The SMILES string of the molecule is CC[C@H](NC(=O)OC(C)(C)C)C(=O)N(CCO)Cc1ccccc1. The van der Waals surface area contributed by atoms with Gasteiger partial charge in [0.1, 0.15) is 11.6 Å². The number of hydrogen-bond donors (Lipinski definition) is 2. The topological polar surface area (TPSA) is 78.9 Å². The van der Waals surface area contributed by atoms with E-state index in [2.05, 4.69) is 5.32 Å². The first-order valence-corrected chi connectivity index (χ1v) is 8.20. The van der Waals surface area contributed by atoms with Crippen LogP contribution in [0.15, 0.2) is 30.3 Å². The summed E-state index contributed by atoms with van der Waals surface area (Å²) in [5.41, 5.74) is 0.340. The van der Waals surface area contributed by atoms with Crippen LogP contribution in [-0.4, -0.2) is 46.8 Å². The van der Waals surface area contributed by atoms with Crippen molar-refractivity contribution >= 4 is 12.0 Å². The number of aliphatic hydroxyl groups excluding tert-OH is 1. The standard InChI is InChI=1S/C18H28N2O4/c1-5-15(19-17(23)24-18(2,3)4)16(22)20(11-12-21)13-14-9-7-6-8-10-14/h6-10,15,21H,5,11-13H2,1-4H3,(H,19,23)/t15-/m0/s1. The minimum absolute atomic E-state index is 0.137. The highest BCUT2D eigenvalue weighted by molar-refractivity contribution is 5.85. The van der Waals surface area contributed by atoms with Gasteiger partial charge >= 0.3 is 6.09 Å². The number of alkyl carbamates (subject to hydrolysis) is 1. The number of nitrogens with zero attached hydrogens (tertiary/aromatic N) is 1. The molecule has 1 aromatic carbocycles. The zero-order chi connectivity index (χ0) is 18.2. The Labute approximate surface area is 143 Å². The maximum Gasteiger partial charge on any atom is 0.408 e. The highest BCUT2D eigenvalue weighted by Crippen LogP contribution is 2.10. The average molecular weight is 336 g/mol. The van der Waals surface area contributed by atoms with Gasteiger partial charge in [-0.3, -0.25) is 4.79 Å². The summed E-state index contributed by atoms with van der Waals surface area (Å²) in [5.74, 6) is -0.235. The zero-order valence-electron chi connectivity index (χ0n) is 14.9. The summed E-state index contributed by atoms with van der Waals surface area (Å²) < 4.78 is 5.21. The Morgan fingerprint density at radius 2 is 1.88 bits per heavy atom. The number of aliphatic hydroxyl groups is 1. The predicted molar refractivity (Wildman–Crippen MR) is 92.4 cm³/mol. The molecule has 0 saturated heterocycles. The van der Waals surface area contributed by atoms with Crippen molar-refractivity contribution in [3.8, 4) is 0 Å². The number of ether oxygens (including phenoxy) is 1. The van der Waals surface area contributed by atoms with Crippen molar-refractivity contribution in [2.45, 2.75) is 52.3 Å². The Morgan fingerprint density at radius 1 is 1.25 bits per heavy atom. The molecule has 0 aliphatic heterocycles. The molecule has 0 unspecified atom stereocenters. The molecule has 6 nitrogen and oxygen atoms in total. The molecule has 134 valence electrons. The van der Waals surface area contributed by atoms with Crippen molar-refractivity contribution < 1.29 is 19.4 Å². The lowest BCUT2D eigenvalue weighted by molar-refractivity contribution is -0.134. The fourth-order valence-electron chi connectivity index (χ4n) is 2.20. The first kappa shape index (κ1) is 20.0. The number of carbonyl (C=O) groups is 2. The molecule has 24 heavy (non-hydrogen) atoms. The number of amides is 2. The van der Waals surface area contributed by atoms with Crippen LogP contribution in [0.25, 0.3) is 0 Å². The van der Waals surface area contributed by atoms with E-state index in [-0.39, 0.29) is 19.1 Å². The minimum Gasteiger partial charge on any atom is -0.444 e. The Kier molecular flexibility index (Phi) is 7.71. The van der Waals surface area contributed by atoms with E-state index in [1.165, 1.54) is 0 Å². The first-order chi connectivity index (χ1) is 11.3. The van der Waals surface area contributed by atoms with Gasteiger partial charge in [0.05, 0.1) is 6.61 Å². The van der Waals surface area contributed by atoms with Gasteiger partial charge in [-0.25, -0.2) is 4.79 Å². The van der Waals surface area contributed by atoms with Gasteiger partial charge < -0.3 is 20.1 Å². The summed E-state index contributed by atoms with van der Waals surface area (Å²) in [5, 5.41) is 11.9. The van der Waals surface area contributed by atoms with E-state index in [9.17, 15) is 14.7 Å². The van der Waals surface area contributed by atoms with Crippen LogP contribution < -0.4 is 5.32 Å². The van der Waals surface area contributed by atoms with Crippen LogP contribution in [-0.2, 0) is 16.1 Å². The van der Waals surface area contributed by atoms with Gasteiger partial charge in [0.15, 0.2) is 0 Å². The molecular weight excluding hydrogens is 308 g/mol. The fraction of sp³-hybridized carbons (Fsp3) is 0.556. The average Bonchev–Trinajstić information content (AvgIpc) is 2.51. The summed E-state index contributed by atoms with van der Waals surface area (Å²) in [7, 11) is 0. The van der Waals surface area contributed by atoms with E-state index in [0.717, 1.165) is 5.56 Å². The molecule has 0 aliphatic rings. The van der Waals surface area contributed by atoms with Crippen molar-refractivity contribution in [1.82, 2.24) is 10.2 Å². The van der Waals surface area contributed by atoms with Crippen molar-refractivity contribution in [1.29, 1.82) is 0 Å². The van der Waals surface area contributed by atoms with E-state index < -0.39 is 17.7 Å². The molecule has 0 aromatic heterocycles. The highest BCUT2D eigenvalue weighted by Gasteiger charge is 2.26. The fourth-order valence-corrected chi connectivity index (χ4v) is 2.20. The van der Waals surface area contributed by atoms with E-state index in [1.807, 2.05) is 37.3 Å². The molecule has 0 spiro atoms. The van der Waals surface area contributed by atoms with E-state index in [1.54, 1.807) is 25.7 Å². The number of rotatable bonds is 7. The maximum absolute atomic E-state index is 12.7. The summed E-state index contributed by atoms with van der Waals surface area (Å²) in [4.78, 5) is 26.2. The Hall–Kier alpha value is -2.08. The molecular formula is C18H28N2O4. The summed E-state index contributed by atoms with van der Waals surface area (Å²) >= 11 is 0. The Balaban J connectivity index is 2.77. The third-order valence-corrected chi connectivity index (χ3v) is 3.30. The van der Waals surface area contributed by atoms with Crippen LogP contribution in [0, 0.1) is 0 Å². The number of benzene rings is 1. The number of nitrogens with one attached hydrogen (secondary N) is 1. The summed E-state index contributed by atoms with van der Waals surface area (Å²) in [6.07, 6.45) is -0.180. The van der Waals surface area contributed by atoms with Crippen LogP contribution in [0.5, 0.6) is 0 Å². The maximum atomic E-state index is 12.7. The molecule has 1 aromatic rings. The molecule has 1 atom stereocenters. The lowest BCUT2D eigenvalue weighted by Crippen LogP contribution is -2.49. The van der Waals surface area contributed by atoms with E-state index in [4.69, 9.17) is 4.74 Å². The Morgan fingerprint density at radius 3 is 2.38 bits per heavy atom. The van der Waals surface area contributed by atoms with Crippen molar-refractivity contribution in [3.05, 3.63) is 35.9 Å². The molecule has 2 N–H and O–H groups in total. The van der Waals surface area contributed by atoms with Crippen molar-refractivity contribution in [2.75, 3.05) is 13.2 Å². The molecule has 0 aliphatic carbocycles. The van der Waals surface area contributed by atoms with Gasteiger partial charge in [-0.05, 0) is 32.8 Å². The van der Waals surface area contributed by atoms with Crippen LogP contribution in [0.4, 0.5) is 4.79 Å². The monoisotopic (exact) mass is 336 g/mol. The third kappa shape index (κ3) is 7.00. The minimum atomic E-state index is -0.685. The summed E-state index contributed by atoms with van der Waals surface area (Å²) in [6, 6.07) is 8.84. The normalized spacial score (nSPS) is 12.4. The molecule has 0 radical (unpaired) electrons. The third-order valence-electron chi connectivity index (χ3n) is 3.30. The second kappa shape index (κ2) is 9.27. The molecule has 0 heterocycles. The van der Waals surface area contributed by atoms with Gasteiger partial charge in [-0.15, -0.1) is 0 Å². The highest BCUT2D eigenvalue weighted by atomic mass is 16.6. The van der Waals surface area contributed by atoms with E-state index >= 15 is 0 Å². The van der Waals surface area contributed by atoms with Gasteiger partial charge in [0.2, 0.25) is 5.91 Å². The first-order valence-electron chi connectivity index (χ1n) is 8.20. The molecule has 0 bridgehead atoms. The van der Waals surface area contributed by atoms with Gasteiger partial charge in [-0.1, -0.05) is 37.3 Å². The predicted octanol–water partition coefficient (Wildman–Crippen LogP) is 2.31. The largest absolute Gasteiger partial charge is 0.444 e. The van der Waals surface area contributed by atoms with Crippen LogP contribution >= 0.6 is 0 Å². The van der Waals surface area contributed by atoms with Crippen molar-refractivity contribution in [2.24, 2.45) is 0 Å². The van der Waals surface area contributed by atoms with Crippen LogP contribution in [0.1, 0.15) is 39.7 Å². The van der Waals surface area contributed by atoms with Gasteiger partial charge in [0.25, 0.3) is 0 Å². The van der Waals surface area contributed by atoms with Gasteiger partial charge in [0, 0.05) is 13.1 Å². The molecule has 1 rings (SSSR count). The lowest BCUT2D eigenvalue weighted by atomic mass is 10.1. The number of hydrogen-bond acceptors (Lipinski definition) is 4. The quantitative estimate of drug-likeness (QED) is 0.801. The molecule has 0 fully saturated rings. The lowest BCUT2D eigenvalue weighted by Gasteiger charge is -2.28. The molecule has 2 amide bonds. The number of carbonyl (C=O) groups excluding carboxylic acids is 2. The van der Waals surface area contributed by atoms with Crippen LogP contribution in [0.2, 0.25) is 0 Å². The Bertz CT molecular complexity index is 526. The smallest absolute Gasteiger partial charge is 0.408 e. The summed E-state index contributed by atoms with van der Waals surface area (Å²) in [6.45, 7) is 7.57. The van der Waals surface area contributed by atoms with Crippen molar-refractivity contribution in [3.63, 3.8) is 0 Å². The van der Waals surface area contributed by atoms with Gasteiger partial charge in [-0.2, -0.15) is 0 Å². The molecule has 0 saturated carbocycles. The molecule has 6 heteroatoms. The zero-order valence-corrected chi connectivity index (χ0v) is 14.9. The second-order valence-electron chi connectivity index (χ2n) is 6.58.